The average Bonchev–Trinajstić information content (AvgIpc) is 1.56. The van der Waals surface area contributed by atoms with Gasteiger partial charge >= 0.3 is 0 Å². The standard InChI is InChI=1S/C24H36O4P2.C24H26P2.C22H36P2.C20H32P2.C19H24P2.C13H26P2.6Cr/c1-13-19-20(26-23(5,6)25-19)14(2)29(13)17-11-9-10-12-18(17)30-15(3)21-22(16(30)4)28-24(7,8)27-21;1-19-17-18-20(2)25(19)23-15-9-10-16-24(23)26(21-11-5-3-6-12-21)22-13-7-4-8-14-22;1-5-17-13-14-18(6-2)23(17)21-11-9-10-12-22(21)24-19(7-3)15-16-20(24)8-4;1-5-17-13-14-18(6-2)22(17)20-10-8-7-9-19(20)21-15(3)11-12-16(21)4;1-15-13-14-16(2)21(15)19-12-8-7-11-18(19)20(3)17-9-5-4-6-10-17;1-10-6-5-7-11(2)14(10)8-9-15-12(3)13(15)4;;;;;;/h9-16,19-22H,1-8H3;3-16,19-20H,17-18H2,1-2H3;9-12,17-20H,5-8,13-16H2,1-4H3;7-10,15-18H,5-6,11-14H2,1-4H3;4-12,15-16H,13-14H2,1-3H3;10-13H,5-9H2,1-4H3;;;;;;/t13-,14-,15-,16-,19-,20-,21-,22-;19-,20-;17-,18-,19-,20?,24?;15-,16-,17-,18-;15-,16-,20+;10-,11-,12+,13+;;;;;;/m111110....../s1. The normalized spacial score (nSPS) is 32.3. The summed E-state index contributed by atoms with van der Waals surface area (Å²) in [6, 6.07) is 80.5. The Balaban J connectivity index is 0.000000193. The molecule has 4 nitrogen and oxygen atoms in total. The molecule has 2 unspecified atom stereocenters. The molecule has 0 aliphatic carbocycles. The monoisotopic (exact) mass is 2390 g/mol. The number of benzene rings is 8. The Labute approximate surface area is 958 Å². The Morgan fingerprint density at radius 1 is 0.236 bits per heavy atom. The molecular weight excluding hydrogens is 2210 g/mol. The van der Waals surface area contributed by atoms with Crippen LogP contribution in [0.5, 0.6) is 0 Å². The molecule has 12 aliphatic rings. The molecule has 0 N–H and O–H groups in total. The van der Waals surface area contributed by atoms with Gasteiger partial charge in [0.1, 0.15) is 0 Å². The minimum Gasteiger partial charge on any atom is -0.344 e. The molecule has 0 amide bonds. The molecule has 12 fully saturated rings. The minimum atomic E-state index is -0.505. The van der Waals surface area contributed by atoms with Crippen molar-refractivity contribution in [3.05, 3.63) is 212 Å². The van der Waals surface area contributed by atoms with Crippen LogP contribution in [0.25, 0.3) is 0 Å². The van der Waals surface area contributed by atoms with Crippen molar-refractivity contribution in [1.82, 2.24) is 0 Å². The predicted octanol–water partition coefficient (Wildman–Crippen LogP) is 31.2. The second-order valence-electron chi connectivity index (χ2n) is 44.2. The molecule has 0 spiro atoms. The summed E-state index contributed by atoms with van der Waals surface area (Å²) in [5.41, 5.74) is 17.6. The van der Waals surface area contributed by atoms with Gasteiger partial charge in [-0.3, -0.25) is 0 Å². The van der Waals surface area contributed by atoms with Gasteiger partial charge in [-0.05, 0) is 350 Å². The molecule has 12 heterocycles. The van der Waals surface area contributed by atoms with Crippen LogP contribution in [0.15, 0.2) is 212 Å². The van der Waals surface area contributed by atoms with E-state index in [1.165, 1.54) is 151 Å². The molecule has 22 heteroatoms. The molecule has 12 aliphatic heterocycles. The minimum absolute atomic E-state index is 0. The first-order chi connectivity index (χ1) is 66.5. The van der Waals surface area contributed by atoms with Crippen LogP contribution in [-0.2, 0) is 123 Å². The molecule has 0 aromatic heterocycles. The molecule has 12 saturated heterocycles. The number of fused-ring (bicyclic) bond motifs is 2. The zero-order valence-electron chi connectivity index (χ0n) is 92.3. The molecule has 788 valence electrons. The van der Waals surface area contributed by atoms with E-state index < -0.39 is 19.5 Å². The summed E-state index contributed by atoms with van der Waals surface area (Å²) in [6.07, 6.45) is 34.3. The van der Waals surface area contributed by atoms with E-state index in [1.807, 2.05) is 43.6 Å². The summed E-state index contributed by atoms with van der Waals surface area (Å²) >= 11 is 0. The van der Waals surface area contributed by atoms with Gasteiger partial charge in [0.05, 0.1) is 24.4 Å². The number of ether oxygens (including phenoxy) is 4. The van der Waals surface area contributed by atoms with E-state index in [4.69, 9.17) is 18.9 Å². The predicted molar refractivity (Wildman–Crippen MR) is 639 cm³/mol. The fourth-order valence-electron chi connectivity index (χ4n) is 26.9. The van der Waals surface area contributed by atoms with Gasteiger partial charge in [0.2, 0.25) is 0 Å². The first-order valence-electron chi connectivity index (χ1n) is 55.1. The smallest absolute Gasteiger partial charge is 0.163 e. The fourth-order valence-corrected chi connectivity index (χ4v) is 68.6. The summed E-state index contributed by atoms with van der Waals surface area (Å²) in [6.45, 7) is 59.6. The Morgan fingerprint density at radius 2 is 0.458 bits per heavy atom. The molecule has 20 rings (SSSR count). The van der Waals surface area contributed by atoms with E-state index in [0.29, 0.717) is 38.5 Å². The second kappa shape index (κ2) is 60.4. The van der Waals surface area contributed by atoms with Crippen molar-refractivity contribution in [1.29, 1.82) is 0 Å². The SMILES string of the molecule is CCC1CC[C@@H](CC)P1c1ccccc1P1[C@H](CC)CC[C@H]1CC.CC[C@@H]1CC[C@@H](CC)P1c1ccccc1P1[C@H](C)CC[C@H]1C.C[C@@H]1CC[C@@H](C)P1c1ccccc1P(c1ccccc1)c1ccccc1.C[C@@H]1CC[C@@H](C)P1c1ccccc1[P@@](C)c1ccccc1.C[C@@H]1[C@@H](C)P1CCP1[C@@H](C)CCC[C@@H]1C.C[C@@H]1[C@H]2OC(C)(C)O[C@@H]2[C@@H](C)P1c1ccccc1P1[C@H](C)[C@H]2OC(C)(C)O[C@@H]2[C@H]1C.[Cr].[Cr].[Cr].[Cr].[Cr].[Cr]. The third kappa shape index (κ3) is 30.2. The van der Waals surface area contributed by atoms with Gasteiger partial charge in [-0.1, -0.05) is 429 Å². The van der Waals surface area contributed by atoms with Crippen LogP contribution in [0.4, 0.5) is 0 Å². The third-order valence-corrected chi connectivity index (χ3v) is 75.4. The van der Waals surface area contributed by atoms with Crippen molar-refractivity contribution in [3.63, 3.8) is 0 Å². The van der Waals surface area contributed by atoms with Crippen LogP contribution in [0.2, 0.25) is 0 Å². The largest absolute Gasteiger partial charge is 0.344 e. The van der Waals surface area contributed by atoms with Crippen LogP contribution >= 0.6 is 95.1 Å². The molecule has 144 heavy (non-hydrogen) atoms. The van der Waals surface area contributed by atoms with Crippen molar-refractivity contribution in [2.75, 3.05) is 19.0 Å². The molecule has 0 radical (unpaired) electrons. The van der Waals surface area contributed by atoms with E-state index in [1.54, 1.807) is 49.5 Å². The number of rotatable bonds is 22. The molecule has 0 bridgehead atoms. The van der Waals surface area contributed by atoms with Crippen LogP contribution in [0.3, 0.4) is 0 Å². The van der Waals surface area contributed by atoms with Gasteiger partial charge in [-0.25, -0.2) is 0 Å². The molecule has 0 saturated carbocycles. The van der Waals surface area contributed by atoms with Crippen LogP contribution in [0, 0.1) is 0 Å². The summed E-state index contributed by atoms with van der Waals surface area (Å²) in [4.78, 5) is 0. The van der Waals surface area contributed by atoms with Crippen molar-refractivity contribution < 1.29 is 123 Å². The van der Waals surface area contributed by atoms with Gasteiger partial charge in [0.25, 0.3) is 0 Å². The van der Waals surface area contributed by atoms with Crippen LogP contribution in [-0.4, -0.2) is 168 Å². The summed E-state index contributed by atoms with van der Waals surface area (Å²) < 4.78 is 25.4. The Hall–Kier alpha value is 1.95. The third-order valence-electron chi connectivity index (χ3n) is 34.6. The number of hydrogen-bond donors (Lipinski definition) is 0. The van der Waals surface area contributed by atoms with Crippen molar-refractivity contribution >= 4 is 164 Å². The molecule has 26 atom stereocenters. The fraction of sp³-hybridized carbons (Fsp3) is 0.607. The first-order valence-corrected chi connectivity index (χ1v) is 73.4. The second-order valence-corrected chi connectivity index (χ2v) is 78.2. The van der Waals surface area contributed by atoms with E-state index in [2.05, 4.69) is 357 Å². The van der Waals surface area contributed by atoms with Crippen molar-refractivity contribution in [3.8, 4) is 0 Å². The maximum Gasteiger partial charge on any atom is 0.163 e. The Kier molecular flexibility index (Phi) is 54.3. The maximum absolute atomic E-state index is 6.36. The van der Waals surface area contributed by atoms with Crippen LogP contribution in [0.1, 0.15) is 301 Å². The summed E-state index contributed by atoms with van der Waals surface area (Å²) in [7, 11) is -0.386. The maximum atomic E-state index is 6.36. The summed E-state index contributed by atoms with van der Waals surface area (Å²) in [5, 5.41) is 21.4. The summed E-state index contributed by atoms with van der Waals surface area (Å²) in [5.74, 6) is -0.924. The van der Waals surface area contributed by atoms with Crippen molar-refractivity contribution in [2.45, 2.75) is 450 Å². The number of hydrogen-bond acceptors (Lipinski definition) is 4. The molecule has 8 aromatic rings. The van der Waals surface area contributed by atoms with E-state index >= 15 is 0 Å². The van der Waals surface area contributed by atoms with E-state index in [0.717, 1.165) is 90.5 Å². The van der Waals surface area contributed by atoms with Gasteiger partial charge in [0.15, 0.2) is 11.6 Å². The van der Waals surface area contributed by atoms with Gasteiger partial charge in [-0.2, -0.15) is 0 Å². The van der Waals surface area contributed by atoms with E-state index in [-0.39, 0.29) is 200 Å². The first kappa shape index (κ1) is 129. The van der Waals surface area contributed by atoms with Gasteiger partial charge in [0, 0.05) is 127 Å². The molecular formula is C122H180Cr6O4P12. The Morgan fingerprint density at radius 3 is 0.736 bits per heavy atom. The molecule has 8 aromatic carbocycles. The topological polar surface area (TPSA) is 36.9 Å². The zero-order valence-corrected chi connectivity index (χ0v) is 111. The van der Waals surface area contributed by atoms with Gasteiger partial charge in [-0.15, -0.1) is 7.92 Å². The van der Waals surface area contributed by atoms with Gasteiger partial charge < -0.3 is 18.9 Å². The Bertz CT molecular complexity index is 4840. The van der Waals surface area contributed by atoms with Crippen molar-refractivity contribution in [2.24, 2.45) is 0 Å². The van der Waals surface area contributed by atoms with Crippen LogP contribution < -0.4 is 69.0 Å². The zero-order chi connectivity index (χ0) is 98.1. The quantitative estimate of drug-likeness (QED) is 0.0634. The van der Waals surface area contributed by atoms with E-state index in [9.17, 15) is 0 Å². The average molecular weight is 2390 g/mol.